The highest BCUT2D eigenvalue weighted by Crippen LogP contribution is 2.22. The molecule has 0 N–H and O–H groups in total. The maximum absolute atomic E-state index is 2.52. The monoisotopic (exact) mass is 222 g/mol. The minimum Gasteiger partial charge on any atom is -0.0846 e. The lowest BCUT2D eigenvalue weighted by Gasteiger charge is -2.13. The number of halogens is 1. The fourth-order valence-corrected chi connectivity index (χ4v) is 1.50. The van der Waals surface area contributed by atoms with Gasteiger partial charge >= 0.3 is 0 Å². The van der Waals surface area contributed by atoms with Crippen LogP contribution >= 0.6 is 22.6 Å². The predicted molar refractivity (Wildman–Crippen MR) is 45.4 cm³/mol. The van der Waals surface area contributed by atoms with Gasteiger partial charge in [0.25, 0.3) is 0 Å². The summed E-state index contributed by atoms with van der Waals surface area (Å²) in [7, 11) is 0. The highest BCUT2D eigenvalue weighted by Gasteiger charge is 2.06. The van der Waals surface area contributed by atoms with E-state index >= 15 is 0 Å². The molecule has 0 spiro atoms. The Balaban J connectivity index is 2.42. The largest absolute Gasteiger partial charge is 0.0846 e. The zero-order valence-electron chi connectivity index (χ0n) is 5.15. The Morgan fingerprint density at radius 2 is 2.50 bits per heavy atom. The van der Waals surface area contributed by atoms with Gasteiger partial charge in [0.2, 0.25) is 0 Å². The molecular formula is C7H11I. The van der Waals surface area contributed by atoms with E-state index in [0.29, 0.717) is 0 Å². The van der Waals surface area contributed by atoms with Crippen LogP contribution < -0.4 is 0 Å². The average molecular weight is 222 g/mol. The van der Waals surface area contributed by atoms with Gasteiger partial charge in [0, 0.05) is 3.92 Å². The first-order chi connectivity index (χ1) is 3.79. The normalized spacial score (nSPS) is 29.8. The molecule has 1 aliphatic rings. The van der Waals surface area contributed by atoms with E-state index in [9.17, 15) is 0 Å². The van der Waals surface area contributed by atoms with Crippen molar-refractivity contribution in [1.82, 2.24) is 0 Å². The van der Waals surface area contributed by atoms with Crippen molar-refractivity contribution >= 4 is 22.6 Å². The summed E-state index contributed by atoms with van der Waals surface area (Å²) in [6.07, 6.45) is 6.38. The minimum atomic E-state index is 0.913. The van der Waals surface area contributed by atoms with Gasteiger partial charge < -0.3 is 0 Å². The lowest BCUT2D eigenvalue weighted by atomic mass is 10.0. The second kappa shape index (κ2) is 2.85. The zero-order chi connectivity index (χ0) is 5.98. The third kappa shape index (κ3) is 1.77. The Hall–Kier alpha value is 0.470. The Labute approximate surface area is 64.5 Å². The molecule has 0 aromatic heterocycles. The van der Waals surface area contributed by atoms with Crippen LogP contribution in [-0.4, -0.2) is 3.92 Å². The van der Waals surface area contributed by atoms with Crippen molar-refractivity contribution in [2.75, 3.05) is 0 Å². The van der Waals surface area contributed by atoms with E-state index in [-0.39, 0.29) is 0 Å². The molecule has 0 nitrogen and oxygen atoms in total. The van der Waals surface area contributed by atoms with Crippen LogP contribution in [0, 0.1) is 0 Å². The molecule has 0 amide bonds. The van der Waals surface area contributed by atoms with Gasteiger partial charge in [-0.25, -0.2) is 0 Å². The van der Waals surface area contributed by atoms with Crippen LogP contribution in [-0.2, 0) is 0 Å². The van der Waals surface area contributed by atoms with Crippen molar-refractivity contribution in [3.05, 3.63) is 11.6 Å². The van der Waals surface area contributed by atoms with E-state index in [1.807, 2.05) is 0 Å². The molecule has 1 atom stereocenters. The van der Waals surface area contributed by atoms with Gasteiger partial charge in [-0.05, 0) is 26.2 Å². The van der Waals surface area contributed by atoms with Gasteiger partial charge in [-0.3, -0.25) is 0 Å². The molecule has 0 fully saturated rings. The fourth-order valence-electron chi connectivity index (χ4n) is 0.933. The molecule has 0 heterocycles. The van der Waals surface area contributed by atoms with Crippen LogP contribution in [0.5, 0.6) is 0 Å². The lowest BCUT2D eigenvalue weighted by molar-refractivity contribution is 0.739. The molecule has 0 saturated heterocycles. The van der Waals surface area contributed by atoms with E-state index in [0.717, 1.165) is 3.92 Å². The third-order valence-electron chi connectivity index (χ3n) is 1.57. The van der Waals surface area contributed by atoms with Crippen LogP contribution in [0.1, 0.15) is 26.2 Å². The molecule has 8 heavy (non-hydrogen) atoms. The zero-order valence-corrected chi connectivity index (χ0v) is 7.31. The van der Waals surface area contributed by atoms with Crippen molar-refractivity contribution in [3.8, 4) is 0 Å². The topological polar surface area (TPSA) is 0 Å². The van der Waals surface area contributed by atoms with Crippen molar-refractivity contribution in [2.45, 2.75) is 30.1 Å². The summed E-state index contributed by atoms with van der Waals surface area (Å²) in [5.74, 6) is 0. The summed E-state index contributed by atoms with van der Waals surface area (Å²) in [5, 5.41) is 0. The number of alkyl halides is 1. The number of hydrogen-bond donors (Lipinski definition) is 0. The second-order valence-electron chi connectivity index (χ2n) is 2.42. The van der Waals surface area contributed by atoms with Crippen molar-refractivity contribution in [3.63, 3.8) is 0 Å². The maximum Gasteiger partial charge on any atom is 0.0147 e. The van der Waals surface area contributed by atoms with Crippen LogP contribution in [0.15, 0.2) is 11.6 Å². The van der Waals surface area contributed by atoms with E-state index in [1.54, 1.807) is 5.57 Å². The maximum atomic E-state index is 2.52. The molecule has 0 aromatic rings. The molecule has 0 radical (unpaired) electrons. The lowest BCUT2D eigenvalue weighted by Crippen LogP contribution is -2.01. The standard InChI is InChI=1S/C7H11I/c1-6-2-4-7(8)5-3-6/h2,7H,3-5H2,1H3. The Kier molecular flexibility index (Phi) is 2.35. The fraction of sp³-hybridized carbons (Fsp3) is 0.714. The van der Waals surface area contributed by atoms with E-state index in [2.05, 4.69) is 35.6 Å². The van der Waals surface area contributed by atoms with E-state index in [4.69, 9.17) is 0 Å². The molecule has 1 rings (SSSR count). The highest BCUT2D eigenvalue weighted by molar-refractivity contribution is 14.1. The van der Waals surface area contributed by atoms with Gasteiger partial charge in [-0.1, -0.05) is 34.2 Å². The highest BCUT2D eigenvalue weighted by atomic mass is 127. The summed E-state index contributed by atoms with van der Waals surface area (Å²) < 4.78 is 0.913. The second-order valence-corrected chi connectivity index (χ2v) is 4.18. The van der Waals surface area contributed by atoms with Gasteiger partial charge in [-0.2, -0.15) is 0 Å². The quantitative estimate of drug-likeness (QED) is 0.336. The smallest absolute Gasteiger partial charge is 0.0147 e. The van der Waals surface area contributed by atoms with E-state index < -0.39 is 0 Å². The molecular weight excluding hydrogens is 211 g/mol. The van der Waals surface area contributed by atoms with Gasteiger partial charge in [0.1, 0.15) is 0 Å². The summed E-state index contributed by atoms with van der Waals surface area (Å²) in [6, 6.07) is 0. The molecule has 0 aliphatic heterocycles. The molecule has 0 saturated carbocycles. The molecule has 0 aromatic carbocycles. The van der Waals surface area contributed by atoms with Crippen molar-refractivity contribution < 1.29 is 0 Å². The SMILES string of the molecule is CC1=CCC(I)CC1. The first kappa shape index (κ1) is 6.59. The Morgan fingerprint density at radius 1 is 1.75 bits per heavy atom. The minimum absolute atomic E-state index is 0.913. The van der Waals surface area contributed by atoms with Gasteiger partial charge in [0.05, 0.1) is 0 Å². The molecule has 1 unspecified atom stereocenters. The van der Waals surface area contributed by atoms with Gasteiger partial charge in [-0.15, -0.1) is 0 Å². The van der Waals surface area contributed by atoms with Crippen LogP contribution in [0.25, 0.3) is 0 Å². The Morgan fingerprint density at radius 3 is 2.88 bits per heavy atom. The van der Waals surface area contributed by atoms with Crippen LogP contribution in [0.2, 0.25) is 0 Å². The molecule has 46 valence electrons. The summed E-state index contributed by atoms with van der Waals surface area (Å²) >= 11 is 2.52. The first-order valence-electron chi connectivity index (χ1n) is 3.09. The third-order valence-corrected chi connectivity index (χ3v) is 2.71. The van der Waals surface area contributed by atoms with Crippen molar-refractivity contribution in [2.24, 2.45) is 0 Å². The number of rotatable bonds is 0. The number of allylic oxidation sites excluding steroid dienone is 2. The van der Waals surface area contributed by atoms with Gasteiger partial charge in [0.15, 0.2) is 0 Å². The summed E-state index contributed by atoms with van der Waals surface area (Å²) in [4.78, 5) is 0. The first-order valence-corrected chi connectivity index (χ1v) is 4.33. The van der Waals surface area contributed by atoms with E-state index in [1.165, 1.54) is 19.3 Å². The summed E-state index contributed by atoms with van der Waals surface area (Å²) in [6.45, 7) is 2.22. The molecule has 1 aliphatic carbocycles. The summed E-state index contributed by atoms with van der Waals surface area (Å²) in [5.41, 5.74) is 1.58. The Bertz CT molecular complexity index is 105. The average Bonchev–Trinajstić information content (AvgIpc) is 1.77. The molecule has 1 heteroatoms. The molecule has 0 bridgehead atoms. The van der Waals surface area contributed by atoms with Crippen molar-refractivity contribution in [1.29, 1.82) is 0 Å². The number of hydrogen-bond acceptors (Lipinski definition) is 0. The van der Waals surface area contributed by atoms with Crippen LogP contribution in [0.3, 0.4) is 0 Å². The predicted octanol–water partition coefficient (Wildman–Crippen LogP) is 2.92. The van der Waals surface area contributed by atoms with Crippen LogP contribution in [0.4, 0.5) is 0 Å².